The number of aromatic amines is 1. The van der Waals surface area contributed by atoms with E-state index in [0.29, 0.717) is 12.1 Å². The SMILES string of the molecule is CS(C)(C)c1ncc(-c2ccc(CNCCCN=C(N)N)cc2)c(=O)[nH]1. The van der Waals surface area contributed by atoms with Gasteiger partial charge in [0, 0.05) is 19.3 Å². The molecule has 0 aliphatic heterocycles. The third kappa shape index (κ3) is 5.89. The Balaban J connectivity index is 1.95. The largest absolute Gasteiger partial charge is 0.370 e. The van der Waals surface area contributed by atoms with Crippen LogP contribution >= 0.6 is 10.0 Å². The topological polar surface area (TPSA) is 122 Å². The molecule has 7 nitrogen and oxygen atoms in total. The van der Waals surface area contributed by atoms with Gasteiger partial charge < -0.3 is 21.8 Å². The Kier molecular flexibility index (Phi) is 6.82. The molecule has 0 aliphatic rings. The molecule has 0 radical (unpaired) electrons. The van der Waals surface area contributed by atoms with E-state index in [2.05, 4.69) is 39.0 Å². The fourth-order valence-corrected chi connectivity index (χ4v) is 3.11. The van der Waals surface area contributed by atoms with E-state index in [1.54, 1.807) is 6.20 Å². The summed E-state index contributed by atoms with van der Waals surface area (Å²) in [5.41, 5.74) is 13.1. The van der Waals surface area contributed by atoms with Crippen LogP contribution in [0.2, 0.25) is 0 Å². The minimum absolute atomic E-state index is 0.0944. The molecule has 0 saturated carbocycles. The van der Waals surface area contributed by atoms with E-state index in [9.17, 15) is 4.79 Å². The molecule has 6 N–H and O–H groups in total. The molecule has 1 aromatic heterocycles. The number of rotatable bonds is 8. The monoisotopic (exact) mass is 376 g/mol. The minimum atomic E-state index is -1.05. The Morgan fingerprint density at radius 3 is 2.50 bits per heavy atom. The van der Waals surface area contributed by atoms with Gasteiger partial charge in [-0.25, -0.2) is 4.98 Å². The lowest BCUT2D eigenvalue weighted by Gasteiger charge is -2.23. The highest BCUT2D eigenvalue weighted by molar-refractivity contribution is 8.32. The number of benzene rings is 1. The Morgan fingerprint density at radius 2 is 1.92 bits per heavy atom. The minimum Gasteiger partial charge on any atom is -0.370 e. The number of nitrogens with one attached hydrogen (secondary N) is 2. The predicted molar refractivity (Wildman–Crippen MR) is 111 cm³/mol. The number of hydrogen-bond donors (Lipinski definition) is 4. The van der Waals surface area contributed by atoms with E-state index < -0.39 is 10.0 Å². The van der Waals surface area contributed by atoms with Crippen molar-refractivity contribution in [2.45, 2.75) is 18.1 Å². The van der Waals surface area contributed by atoms with Crippen LogP contribution in [0.15, 0.2) is 45.4 Å². The molecule has 0 spiro atoms. The van der Waals surface area contributed by atoms with Crippen molar-refractivity contribution in [2.75, 3.05) is 31.9 Å². The van der Waals surface area contributed by atoms with Gasteiger partial charge in [-0.3, -0.25) is 9.79 Å². The summed E-state index contributed by atoms with van der Waals surface area (Å²) in [5, 5.41) is 4.11. The third-order valence-electron chi connectivity index (χ3n) is 3.76. The summed E-state index contributed by atoms with van der Waals surface area (Å²) in [5.74, 6) is 0.127. The van der Waals surface area contributed by atoms with Crippen LogP contribution in [0.5, 0.6) is 0 Å². The van der Waals surface area contributed by atoms with E-state index in [4.69, 9.17) is 11.5 Å². The van der Waals surface area contributed by atoms with Crippen LogP contribution in [0.4, 0.5) is 0 Å². The molecule has 0 amide bonds. The molecular weight excluding hydrogens is 348 g/mol. The molecule has 8 heteroatoms. The Labute approximate surface area is 155 Å². The molecule has 2 rings (SSSR count). The fraction of sp³-hybridized carbons (Fsp3) is 0.389. The molecule has 0 saturated heterocycles. The number of aromatic nitrogens is 2. The molecule has 0 aliphatic carbocycles. The second kappa shape index (κ2) is 8.86. The van der Waals surface area contributed by atoms with Gasteiger partial charge in [-0.2, -0.15) is 10.0 Å². The van der Waals surface area contributed by atoms with Gasteiger partial charge >= 0.3 is 0 Å². The van der Waals surface area contributed by atoms with Gasteiger partial charge in [-0.15, -0.1) is 0 Å². The first-order valence-electron chi connectivity index (χ1n) is 8.40. The van der Waals surface area contributed by atoms with Gasteiger partial charge in [-0.1, -0.05) is 24.3 Å². The summed E-state index contributed by atoms with van der Waals surface area (Å²) < 4.78 is 0. The zero-order valence-electron chi connectivity index (χ0n) is 15.6. The first-order valence-corrected chi connectivity index (χ1v) is 11.3. The van der Waals surface area contributed by atoms with Crippen molar-refractivity contribution in [2.24, 2.45) is 16.5 Å². The van der Waals surface area contributed by atoms with Crippen LogP contribution < -0.4 is 22.3 Å². The molecule has 0 bridgehead atoms. The van der Waals surface area contributed by atoms with Crippen molar-refractivity contribution >= 4 is 16.0 Å². The van der Waals surface area contributed by atoms with Crippen molar-refractivity contribution in [3.8, 4) is 11.1 Å². The van der Waals surface area contributed by atoms with Crippen LogP contribution in [-0.2, 0) is 6.54 Å². The zero-order valence-corrected chi connectivity index (χ0v) is 16.4. The molecule has 0 unspecified atom stereocenters. The second-order valence-corrected chi connectivity index (χ2v) is 10.9. The van der Waals surface area contributed by atoms with E-state index in [-0.39, 0.29) is 11.5 Å². The van der Waals surface area contributed by atoms with Crippen molar-refractivity contribution in [3.63, 3.8) is 0 Å². The molecule has 2 aromatic rings. The van der Waals surface area contributed by atoms with Gasteiger partial charge in [0.2, 0.25) is 0 Å². The van der Waals surface area contributed by atoms with Crippen molar-refractivity contribution in [1.29, 1.82) is 0 Å². The predicted octanol–water partition coefficient (Wildman–Crippen LogP) is 1.24. The Bertz CT molecular complexity index is 804. The van der Waals surface area contributed by atoms with E-state index >= 15 is 0 Å². The highest BCUT2D eigenvalue weighted by Gasteiger charge is 2.13. The quantitative estimate of drug-likeness (QED) is 0.239. The molecule has 26 heavy (non-hydrogen) atoms. The number of nitrogens with zero attached hydrogens (tertiary/aromatic N) is 2. The summed E-state index contributed by atoms with van der Waals surface area (Å²) in [6.45, 7) is 2.21. The number of aliphatic imine (C=N–C) groups is 1. The first kappa shape index (κ1) is 20.0. The van der Waals surface area contributed by atoms with Crippen LogP contribution in [0, 0.1) is 0 Å². The number of hydrogen-bond acceptors (Lipinski definition) is 4. The molecule has 1 heterocycles. The smallest absolute Gasteiger partial charge is 0.259 e. The summed E-state index contributed by atoms with van der Waals surface area (Å²) in [4.78, 5) is 23.7. The normalized spacial score (nSPS) is 12.0. The van der Waals surface area contributed by atoms with Crippen molar-refractivity contribution < 1.29 is 0 Å². The Morgan fingerprint density at radius 1 is 1.23 bits per heavy atom. The van der Waals surface area contributed by atoms with E-state index in [0.717, 1.165) is 35.8 Å². The van der Waals surface area contributed by atoms with Gasteiger partial charge in [0.1, 0.15) is 5.16 Å². The zero-order chi connectivity index (χ0) is 19.2. The summed E-state index contributed by atoms with van der Waals surface area (Å²) in [6, 6.07) is 7.93. The first-order chi connectivity index (χ1) is 12.3. The summed E-state index contributed by atoms with van der Waals surface area (Å²) in [6.07, 6.45) is 8.85. The lowest BCUT2D eigenvalue weighted by molar-refractivity contribution is 0.655. The molecule has 142 valence electrons. The summed E-state index contributed by atoms with van der Waals surface area (Å²) >= 11 is 0. The van der Waals surface area contributed by atoms with Crippen LogP contribution in [0.1, 0.15) is 12.0 Å². The average molecular weight is 377 g/mol. The molecular formula is C18H28N6OS. The molecule has 0 fully saturated rings. The number of guanidine groups is 1. The average Bonchev–Trinajstić information content (AvgIpc) is 2.57. The van der Waals surface area contributed by atoms with E-state index in [1.165, 1.54) is 0 Å². The van der Waals surface area contributed by atoms with Gasteiger partial charge in [0.05, 0.1) is 5.56 Å². The maximum absolute atomic E-state index is 12.4. The highest BCUT2D eigenvalue weighted by atomic mass is 32.3. The highest BCUT2D eigenvalue weighted by Crippen LogP contribution is 2.41. The number of H-pyrrole nitrogens is 1. The van der Waals surface area contributed by atoms with Crippen molar-refractivity contribution in [3.05, 3.63) is 46.4 Å². The fourth-order valence-electron chi connectivity index (χ4n) is 2.34. The molecule has 0 atom stereocenters. The number of nitrogens with two attached hydrogens (primary N) is 2. The third-order valence-corrected chi connectivity index (χ3v) is 5.12. The van der Waals surface area contributed by atoms with Gasteiger partial charge in [-0.05, 0) is 42.9 Å². The standard InChI is InChI=1S/C18H28N6OS/c1-26(2,3)18-23-12-15(16(25)24-18)14-7-5-13(6-8-14)11-21-9-4-10-22-17(19)20/h5-8,12,21H,4,9-11H2,1-3H3,(H4,19,20,22)(H,23,24,25). The maximum Gasteiger partial charge on any atom is 0.259 e. The van der Waals surface area contributed by atoms with Crippen LogP contribution in [0.3, 0.4) is 0 Å². The van der Waals surface area contributed by atoms with Gasteiger partial charge in [0.25, 0.3) is 5.56 Å². The van der Waals surface area contributed by atoms with Crippen molar-refractivity contribution in [1.82, 2.24) is 15.3 Å². The lowest BCUT2D eigenvalue weighted by Crippen LogP contribution is -2.23. The van der Waals surface area contributed by atoms with E-state index in [1.807, 2.05) is 24.3 Å². The lowest BCUT2D eigenvalue weighted by atomic mass is 10.1. The second-order valence-electron chi connectivity index (χ2n) is 6.80. The maximum atomic E-state index is 12.4. The van der Waals surface area contributed by atoms with Crippen LogP contribution in [-0.4, -0.2) is 47.8 Å². The summed E-state index contributed by atoms with van der Waals surface area (Å²) in [7, 11) is -1.05. The van der Waals surface area contributed by atoms with Gasteiger partial charge in [0.15, 0.2) is 5.96 Å². The van der Waals surface area contributed by atoms with Crippen LogP contribution in [0.25, 0.3) is 11.1 Å². The Hall–Kier alpha value is -2.32. The molecule has 1 aromatic carbocycles.